The molecular formula is C16H27NO. The lowest BCUT2D eigenvalue weighted by molar-refractivity contribution is 0.225. The van der Waals surface area contributed by atoms with Crippen molar-refractivity contribution in [3.63, 3.8) is 0 Å². The molecule has 1 saturated carbocycles. The highest BCUT2D eigenvalue weighted by Gasteiger charge is 2.24. The maximum Gasteiger partial charge on any atom is 0.103 e. The summed E-state index contributed by atoms with van der Waals surface area (Å²) in [6, 6.07) is 5.34. The van der Waals surface area contributed by atoms with E-state index in [4.69, 9.17) is 4.42 Å². The van der Waals surface area contributed by atoms with Gasteiger partial charge in [0.15, 0.2) is 0 Å². The van der Waals surface area contributed by atoms with Gasteiger partial charge in [0.05, 0.1) is 6.26 Å². The molecule has 0 bridgehead atoms. The van der Waals surface area contributed by atoms with Crippen LogP contribution in [0.4, 0.5) is 0 Å². The van der Waals surface area contributed by atoms with E-state index in [1.165, 1.54) is 19.3 Å². The van der Waals surface area contributed by atoms with Crippen LogP contribution in [0.3, 0.4) is 0 Å². The Morgan fingerprint density at radius 1 is 1.28 bits per heavy atom. The van der Waals surface area contributed by atoms with Gasteiger partial charge in [-0.15, -0.1) is 0 Å². The zero-order valence-electron chi connectivity index (χ0n) is 12.0. The van der Waals surface area contributed by atoms with Crippen LogP contribution < -0.4 is 5.32 Å². The Labute approximate surface area is 111 Å². The van der Waals surface area contributed by atoms with Gasteiger partial charge in [-0.25, -0.2) is 0 Å². The van der Waals surface area contributed by atoms with Gasteiger partial charge >= 0.3 is 0 Å². The quantitative estimate of drug-likeness (QED) is 0.852. The standard InChI is InChI=1S/C16H27NO/c1-12-9-13(2)11-15(10-12)17-14(3)6-7-16-5-4-8-18-16/h4-5,8,12-15,17H,6-7,9-11H2,1-3H3. The fourth-order valence-electron chi connectivity index (χ4n) is 3.38. The lowest BCUT2D eigenvalue weighted by Crippen LogP contribution is -2.41. The van der Waals surface area contributed by atoms with E-state index in [1.807, 2.05) is 6.07 Å². The molecule has 1 aliphatic rings. The third kappa shape index (κ3) is 4.16. The molecule has 1 heterocycles. The minimum Gasteiger partial charge on any atom is -0.469 e. The molecule has 2 rings (SSSR count). The largest absolute Gasteiger partial charge is 0.469 e. The minimum atomic E-state index is 0.581. The Kier molecular flexibility index (Phi) is 4.87. The monoisotopic (exact) mass is 249 g/mol. The van der Waals surface area contributed by atoms with Gasteiger partial charge in [0.25, 0.3) is 0 Å². The molecule has 0 aromatic carbocycles. The molecule has 0 radical (unpaired) electrons. The summed E-state index contributed by atoms with van der Waals surface area (Å²) >= 11 is 0. The van der Waals surface area contributed by atoms with Crippen LogP contribution in [0.5, 0.6) is 0 Å². The van der Waals surface area contributed by atoms with E-state index >= 15 is 0 Å². The van der Waals surface area contributed by atoms with Crippen molar-refractivity contribution in [1.29, 1.82) is 0 Å². The first-order chi connectivity index (χ1) is 8.63. The molecule has 2 nitrogen and oxygen atoms in total. The molecule has 1 fully saturated rings. The molecule has 0 saturated heterocycles. The van der Waals surface area contributed by atoms with E-state index in [0.29, 0.717) is 6.04 Å². The SMILES string of the molecule is CC1CC(C)CC(NC(C)CCc2ccco2)C1. The van der Waals surface area contributed by atoms with Crippen molar-refractivity contribution in [3.8, 4) is 0 Å². The van der Waals surface area contributed by atoms with Crippen LogP contribution in [0.2, 0.25) is 0 Å². The summed E-state index contributed by atoms with van der Waals surface area (Å²) in [5.74, 6) is 2.86. The third-order valence-electron chi connectivity index (χ3n) is 4.10. The van der Waals surface area contributed by atoms with Crippen LogP contribution in [0.25, 0.3) is 0 Å². The van der Waals surface area contributed by atoms with Crippen molar-refractivity contribution >= 4 is 0 Å². The van der Waals surface area contributed by atoms with E-state index in [0.717, 1.165) is 36.5 Å². The van der Waals surface area contributed by atoms with Gasteiger partial charge in [0.2, 0.25) is 0 Å². The summed E-state index contributed by atoms with van der Waals surface area (Å²) < 4.78 is 5.38. The predicted molar refractivity (Wildman–Crippen MR) is 75.6 cm³/mol. The van der Waals surface area contributed by atoms with Gasteiger partial charge in [0, 0.05) is 18.5 Å². The fraction of sp³-hybridized carbons (Fsp3) is 0.750. The summed E-state index contributed by atoms with van der Waals surface area (Å²) in [6.07, 6.45) is 8.05. The topological polar surface area (TPSA) is 25.2 Å². The molecule has 18 heavy (non-hydrogen) atoms. The van der Waals surface area contributed by atoms with E-state index in [-0.39, 0.29) is 0 Å². The molecule has 1 N–H and O–H groups in total. The van der Waals surface area contributed by atoms with E-state index in [9.17, 15) is 0 Å². The third-order valence-corrected chi connectivity index (χ3v) is 4.10. The van der Waals surface area contributed by atoms with E-state index < -0.39 is 0 Å². The van der Waals surface area contributed by atoms with Crippen molar-refractivity contribution < 1.29 is 4.42 Å². The predicted octanol–water partition coefficient (Wildman–Crippen LogP) is 4.02. The van der Waals surface area contributed by atoms with Crippen LogP contribution in [0, 0.1) is 11.8 Å². The Morgan fingerprint density at radius 2 is 2.00 bits per heavy atom. The summed E-state index contributed by atoms with van der Waals surface area (Å²) in [6.45, 7) is 7.07. The summed E-state index contributed by atoms with van der Waals surface area (Å²) in [5.41, 5.74) is 0. The van der Waals surface area contributed by atoms with Gasteiger partial charge in [-0.1, -0.05) is 13.8 Å². The summed E-state index contributed by atoms with van der Waals surface area (Å²) in [5, 5.41) is 3.80. The molecule has 3 unspecified atom stereocenters. The minimum absolute atomic E-state index is 0.581. The highest BCUT2D eigenvalue weighted by atomic mass is 16.3. The maximum atomic E-state index is 5.38. The molecular weight excluding hydrogens is 222 g/mol. The molecule has 1 aromatic rings. The normalized spacial score (nSPS) is 30.3. The molecule has 102 valence electrons. The molecule has 0 spiro atoms. The van der Waals surface area contributed by atoms with Gasteiger partial charge in [0.1, 0.15) is 5.76 Å². The van der Waals surface area contributed by atoms with Crippen LogP contribution in [-0.4, -0.2) is 12.1 Å². The summed E-state index contributed by atoms with van der Waals surface area (Å²) in [4.78, 5) is 0. The molecule has 0 amide bonds. The zero-order valence-corrected chi connectivity index (χ0v) is 12.0. The highest BCUT2D eigenvalue weighted by Crippen LogP contribution is 2.28. The Balaban J connectivity index is 1.71. The smallest absolute Gasteiger partial charge is 0.103 e. The Hall–Kier alpha value is -0.760. The second kappa shape index (κ2) is 6.42. The highest BCUT2D eigenvalue weighted by molar-refractivity contribution is 4.98. The molecule has 3 atom stereocenters. The van der Waals surface area contributed by atoms with Crippen molar-refractivity contribution in [2.24, 2.45) is 11.8 Å². The van der Waals surface area contributed by atoms with Crippen LogP contribution >= 0.6 is 0 Å². The lowest BCUT2D eigenvalue weighted by atomic mass is 9.80. The average Bonchev–Trinajstić information content (AvgIpc) is 2.77. The number of rotatable bonds is 5. The second-order valence-electron chi connectivity index (χ2n) is 6.30. The number of hydrogen-bond acceptors (Lipinski definition) is 2. The summed E-state index contributed by atoms with van der Waals surface area (Å²) in [7, 11) is 0. The first kappa shape index (κ1) is 13.7. The molecule has 1 aromatic heterocycles. The van der Waals surface area contributed by atoms with Crippen LogP contribution in [0.15, 0.2) is 22.8 Å². The zero-order chi connectivity index (χ0) is 13.0. The number of nitrogens with one attached hydrogen (secondary N) is 1. The van der Waals surface area contributed by atoms with Crippen molar-refractivity contribution in [2.75, 3.05) is 0 Å². The van der Waals surface area contributed by atoms with Crippen LogP contribution in [-0.2, 0) is 6.42 Å². The van der Waals surface area contributed by atoms with Gasteiger partial charge < -0.3 is 9.73 Å². The van der Waals surface area contributed by atoms with E-state index in [2.05, 4.69) is 32.2 Å². The molecule has 1 aliphatic carbocycles. The number of hydrogen-bond donors (Lipinski definition) is 1. The van der Waals surface area contributed by atoms with E-state index in [1.54, 1.807) is 6.26 Å². The lowest BCUT2D eigenvalue weighted by Gasteiger charge is -2.34. The van der Waals surface area contributed by atoms with Crippen LogP contribution in [0.1, 0.15) is 52.2 Å². The second-order valence-corrected chi connectivity index (χ2v) is 6.30. The van der Waals surface area contributed by atoms with Crippen molar-refractivity contribution in [2.45, 2.75) is 65.0 Å². The fourth-order valence-corrected chi connectivity index (χ4v) is 3.38. The number of aryl methyl sites for hydroxylation is 1. The molecule has 0 aliphatic heterocycles. The van der Waals surface area contributed by atoms with Crippen molar-refractivity contribution in [1.82, 2.24) is 5.32 Å². The van der Waals surface area contributed by atoms with Gasteiger partial charge in [-0.05, 0) is 56.6 Å². The van der Waals surface area contributed by atoms with Gasteiger partial charge in [-0.2, -0.15) is 0 Å². The first-order valence-corrected chi connectivity index (χ1v) is 7.42. The number of furan rings is 1. The Morgan fingerprint density at radius 3 is 2.61 bits per heavy atom. The molecule has 2 heteroatoms. The first-order valence-electron chi connectivity index (χ1n) is 7.42. The average molecular weight is 249 g/mol. The van der Waals surface area contributed by atoms with Crippen molar-refractivity contribution in [3.05, 3.63) is 24.2 Å². The maximum absolute atomic E-state index is 5.38. The Bertz CT molecular complexity index is 323. The van der Waals surface area contributed by atoms with Gasteiger partial charge in [-0.3, -0.25) is 0 Å².